The van der Waals surface area contributed by atoms with Crippen molar-refractivity contribution in [3.05, 3.63) is 17.5 Å². The van der Waals surface area contributed by atoms with Crippen LogP contribution in [0.1, 0.15) is 38.1 Å². The quantitative estimate of drug-likeness (QED) is 0.882. The van der Waals surface area contributed by atoms with Crippen LogP contribution in [0.4, 0.5) is 0 Å². The van der Waals surface area contributed by atoms with Crippen LogP contribution in [-0.4, -0.2) is 40.4 Å². The smallest absolute Gasteiger partial charge is 0.0597 e. The van der Waals surface area contributed by atoms with Crippen LogP contribution in [0.15, 0.2) is 6.07 Å². The number of aromatic nitrogens is 2. The van der Waals surface area contributed by atoms with Gasteiger partial charge < -0.3 is 5.32 Å². The van der Waals surface area contributed by atoms with Crippen LogP contribution in [0.3, 0.4) is 0 Å². The average molecular weight is 264 g/mol. The summed E-state index contributed by atoms with van der Waals surface area (Å²) in [5.41, 5.74) is 2.45. The molecule has 0 bridgehead atoms. The molecule has 2 heterocycles. The standard InChI is InChI=1S/C15H28N4/c1-5-13-10-19(8-7-15(13)16-6-2)11-14-9-12(3)17-18(14)4/h9,13,15-16H,5-8,10-11H2,1-4H3. The van der Waals surface area contributed by atoms with E-state index < -0.39 is 0 Å². The van der Waals surface area contributed by atoms with Crippen LogP contribution in [0.25, 0.3) is 0 Å². The lowest BCUT2D eigenvalue weighted by Crippen LogP contribution is -2.48. The van der Waals surface area contributed by atoms with Crippen molar-refractivity contribution in [2.45, 2.75) is 46.2 Å². The fraction of sp³-hybridized carbons (Fsp3) is 0.800. The van der Waals surface area contributed by atoms with Crippen molar-refractivity contribution in [1.82, 2.24) is 20.0 Å². The fourth-order valence-corrected chi connectivity index (χ4v) is 3.24. The van der Waals surface area contributed by atoms with Crippen LogP contribution in [0.5, 0.6) is 0 Å². The number of likely N-dealkylation sites (tertiary alicyclic amines) is 1. The summed E-state index contributed by atoms with van der Waals surface area (Å²) in [6.45, 7) is 11.1. The van der Waals surface area contributed by atoms with Gasteiger partial charge in [-0.1, -0.05) is 20.3 Å². The first-order valence-electron chi connectivity index (χ1n) is 7.59. The van der Waals surface area contributed by atoms with Crippen LogP contribution in [0, 0.1) is 12.8 Å². The maximum atomic E-state index is 4.44. The maximum absolute atomic E-state index is 4.44. The predicted octanol–water partition coefficient (Wildman–Crippen LogP) is 1.94. The third kappa shape index (κ3) is 3.57. The van der Waals surface area contributed by atoms with Gasteiger partial charge in [-0.2, -0.15) is 5.10 Å². The highest BCUT2D eigenvalue weighted by atomic mass is 15.3. The Balaban J connectivity index is 1.94. The molecular formula is C15H28N4. The molecule has 1 aliphatic rings. The van der Waals surface area contributed by atoms with Crippen molar-refractivity contribution >= 4 is 0 Å². The molecule has 1 fully saturated rings. The van der Waals surface area contributed by atoms with Crippen LogP contribution in [-0.2, 0) is 13.6 Å². The molecule has 0 aliphatic carbocycles. The molecule has 4 heteroatoms. The van der Waals surface area contributed by atoms with E-state index in [1.807, 2.05) is 11.7 Å². The summed E-state index contributed by atoms with van der Waals surface area (Å²) in [6, 6.07) is 2.91. The first-order valence-corrected chi connectivity index (χ1v) is 7.59. The monoisotopic (exact) mass is 264 g/mol. The van der Waals surface area contributed by atoms with Gasteiger partial charge in [0.15, 0.2) is 0 Å². The topological polar surface area (TPSA) is 33.1 Å². The summed E-state index contributed by atoms with van der Waals surface area (Å²) in [5, 5.41) is 8.08. The largest absolute Gasteiger partial charge is 0.314 e. The number of aryl methyl sites for hydroxylation is 2. The van der Waals surface area contributed by atoms with Crippen molar-refractivity contribution in [3.8, 4) is 0 Å². The van der Waals surface area contributed by atoms with Gasteiger partial charge in [0.25, 0.3) is 0 Å². The Bertz CT molecular complexity index is 399. The van der Waals surface area contributed by atoms with Crippen LogP contribution < -0.4 is 5.32 Å². The molecule has 4 nitrogen and oxygen atoms in total. The molecule has 1 N–H and O–H groups in total. The van der Waals surface area contributed by atoms with Gasteiger partial charge in [0, 0.05) is 32.7 Å². The van der Waals surface area contributed by atoms with Gasteiger partial charge in [0.05, 0.1) is 11.4 Å². The van der Waals surface area contributed by atoms with E-state index in [1.165, 1.54) is 31.6 Å². The maximum Gasteiger partial charge on any atom is 0.0597 e. The zero-order valence-corrected chi connectivity index (χ0v) is 12.8. The molecule has 108 valence electrons. The highest BCUT2D eigenvalue weighted by Crippen LogP contribution is 2.21. The van der Waals surface area contributed by atoms with Gasteiger partial charge in [0.2, 0.25) is 0 Å². The molecule has 0 radical (unpaired) electrons. The third-order valence-electron chi connectivity index (χ3n) is 4.29. The van der Waals surface area contributed by atoms with E-state index in [0.717, 1.165) is 24.7 Å². The Labute approximate surface area is 117 Å². The van der Waals surface area contributed by atoms with Gasteiger partial charge >= 0.3 is 0 Å². The number of hydrogen-bond acceptors (Lipinski definition) is 3. The molecule has 1 saturated heterocycles. The lowest BCUT2D eigenvalue weighted by Gasteiger charge is -2.38. The van der Waals surface area contributed by atoms with Crippen molar-refractivity contribution < 1.29 is 0 Å². The highest BCUT2D eigenvalue weighted by Gasteiger charge is 2.27. The number of nitrogens with one attached hydrogen (secondary N) is 1. The second kappa shape index (κ2) is 6.53. The van der Waals surface area contributed by atoms with Crippen molar-refractivity contribution in [1.29, 1.82) is 0 Å². The molecule has 0 saturated carbocycles. The predicted molar refractivity (Wildman–Crippen MR) is 79.1 cm³/mol. The Hall–Kier alpha value is -0.870. The Morgan fingerprint density at radius 3 is 2.79 bits per heavy atom. The van der Waals surface area contributed by atoms with Gasteiger partial charge in [-0.25, -0.2) is 0 Å². The SMILES string of the molecule is CCNC1CCN(Cc2cc(C)nn2C)CC1CC. The molecule has 1 aliphatic heterocycles. The minimum Gasteiger partial charge on any atom is -0.314 e. The molecular weight excluding hydrogens is 236 g/mol. The minimum absolute atomic E-state index is 0.708. The fourth-order valence-electron chi connectivity index (χ4n) is 3.24. The van der Waals surface area contributed by atoms with E-state index in [1.54, 1.807) is 0 Å². The molecule has 0 aromatic carbocycles. The van der Waals surface area contributed by atoms with Crippen molar-refractivity contribution in [2.75, 3.05) is 19.6 Å². The molecule has 0 amide bonds. The van der Waals surface area contributed by atoms with Crippen LogP contribution in [0.2, 0.25) is 0 Å². The van der Waals surface area contributed by atoms with Crippen molar-refractivity contribution in [2.24, 2.45) is 13.0 Å². The Morgan fingerprint density at radius 1 is 1.42 bits per heavy atom. The molecule has 2 atom stereocenters. The average Bonchev–Trinajstić information content (AvgIpc) is 2.70. The van der Waals surface area contributed by atoms with Crippen LogP contribution >= 0.6 is 0 Å². The zero-order chi connectivity index (χ0) is 13.8. The molecule has 2 unspecified atom stereocenters. The summed E-state index contributed by atoms with van der Waals surface area (Å²) in [7, 11) is 2.05. The lowest BCUT2D eigenvalue weighted by atomic mass is 9.90. The molecule has 19 heavy (non-hydrogen) atoms. The van der Waals surface area contributed by atoms with Gasteiger partial charge in [-0.3, -0.25) is 9.58 Å². The second-order valence-corrected chi connectivity index (χ2v) is 5.76. The Morgan fingerprint density at radius 2 is 2.21 bits per heavy atom. The summed E-state index contributed by atoms with van der Waals surface area (Å²) < 4.78 is 2.02. The number of nitrogens with zero attached hydrogens (tertiary/aromatic N) is 3. The molecule has 1 aromatic heterocycles. The lowest BCUT2D eigenvalue weighted by molar-refractivity contribution is 0.127. The molecule has 2 rings (SSSR count). The van der Waals surface area contributed by atoms with E-state index in [2.05, 4.69) is 42.2 Å². The molecule has 1 aromatic rings. The van der Waals surface area contributed by atoms with E-state index in [-0.39, 0.29) is 0 Å². The Kier molecular flexibility index (Phi) is 4.99. The van der Waals surface area contributed by atoms with E-state index >= 15 is 0 Å². The summed E-state index contributed by atoms with van der Waals surface area (Å²) in [5.74, 6) is 0.781. The summed E-state index contributed by atoms with van der Waals surface area (Å²) in [6.07, 6.45) is 2.53. The minimum atomic E-state index is 0.708. The van der Waals surface area contributed by atoms with E-state index in [0.29, 0.717) is 6.04 Å². The first kappa shape index (κ1) is 14.5. The van der Waals surface area contributed by atoms with Gasteiger partial charge in [-0.05, 0) is 31.9 Å². The summed E-state index contributed by atoms with van der Waals surface area (Å²) >= 11 is 0. The van der Waals surface area contributed by atoms with Gasteiger partial charge in [-0.15, -0.1) is 0 Å². The number of hydrogen-bond donors (Lipinski definition) is 1. The van der Waals surface area contributed by atoms with Gasteiger partial charge in [0.1, 0.15) is 0 Å². The zero-order valence-electron chi connectivity index (χ0n) is 12.8. The van der Waals surface area contributed by atoms with E-state index in [9.17, 15) is 0 Å². The number of piperidine rings is 1. The molecule has 0 spiro atoms. The number of rotatable bonds is 5. The van der Waals surface area contributed by atoms with Crippen molar-refractivity contribution in [3.63, 3.8) is 0 Å². The third-order valence-corrected chi connectivity index (χ3v) is 4.29. The summed E-state index contributed by atoms with van der Waals surface area (Å²) in [4.78, 5) is 2.58. The highest BCUT2D eigenvalue weighted by molar-refractivity contribution is 5.08. The van der Waals surface area contributed by atoms with E-state index in [4.69, 9.17) is 0 Å². The first-order chi connectivity index (χ1) is 9.13. The second-order valence-electron chi connectivity index (χ2n) is 5.76. The normalized spacial score (nSPS) is 24.8.